The zero-order valence-electron chi connectivity index (χ0n) is 14.6. The van der Waals surface area contributed by atoms with E-state index in [9.17, 15) is 18.3 Å². The number of halogens is 3. The Bertz CT molecular complexity index is 815. The molecule has 1 aromatic carbocycles. The summed E-state index contributed by atoms with van der Waals surface area (Å²) in [5.41, 5.74) is 1.25. The monoisotopic (exact) mass is 366 g/mol. The highest BCUT2D eigenvalue weighted by atomic mass is 19.4. The highest BCUT2D eigenvalue weighted by Crippen LogP contribution is 2.30. The van der Waals surface area contributed by atoms with Crippen LogP contribution in [0.4, 0.5) is 13.2 Å². The highest BCUT2D eigenvalue weighted by molar-refractivity contribution is 5.74. The van der Waals surface area contributed by atoms with Gasteiger partial charge in [-0.2, -0.15) is 13.2 Å². The topological polar surface area (TPSA) is 70.1 Å². The van der Waals surface area contributed by atoms with Crippen LogP contribution in [-0.4, -0.2) is 27.8 Å². The van der Waals surface area contributed by atoms with Crippen molar-refractivity contribution in [2.45, 2.75) is 33.0 Å². The number of aliphatic hydroxyl groups is 1. The van der Waals surface area contributed by atoms with Gasteiger partial charge in [-0.3, -0.25) is 9.97 Å². The van der Waals surface area contributed by atoms with Crippen LogP contribution < -0.4 is 10.6 Å². The maximum atomic E-state index is 12.8. The minimum Gasteiger partial charge on any atom is -0.505 e. The molecule has 140 valence electrons. The van der Waals surface area contributed by atoms with Gasteiger partial charge in [-0.15, -0.1) is 0 Å². The van der Waals surface area contributed by atoms with Gasteiger partial charge < -0.3 is 15.7 Å². The predicted octanol–water partition coefficient (Wildman–Crippen LogP) is 3.95. The average Bonchev–Trinajstić information content (AvgIpc) is 2.60. The normalized spacial score (nSPS) is 14.3. The van der Waals surface area contributed by atoms with Gasteiger partial charge in [-0.25, -0.2) is 0 Å². The molecule has 0 fully saturated rings. The van der Waals surface area contributed by atoms with Crippen molar-refractivity contribution in [2.75, 3.05) is 6.54 Å². The zero-order chi connectivity index (χ0) is 19.2. The van der Waals surface area contributed by atoms with E-state index in [0.29, 0.717) is 5.52 Å². The number of benzene rings is 1. The van der Waals surface area contributed by atoms with Crippen molar-refractivity contribution in [1.29, 1.82) is 0 Å². The third-order valence-electron chi connectivity index (χ3n) is 3.43. The standard InChI is InChI=1S/C15H13F3N4O.C3H8/c16-15(17,18)10-7-19-8-13(14(10)23)22-6-9-1-2-11-12(5-9)21-4-3-20-11;1-3-2/h1-5,8,19,22-23H,6-7H2;3H2,1-2H3. The molecule has 3 rings (SSSR count). The molecule has 5 nitrogen and oxygen atoms in total. The second kappa shape index (κ2) is 8.55. The summed E-state index contributed by atoms with van der Waals surface area (Å²) in [6.45, 7) is 4.04. The van der Waals surface area contributed by atoms with Gasteiger partial charge in [0.15, 0.2) is 0 Å². The van der Waals surface area contributed by atoms with Gasteiger partial charge in [0.25, 0.3) is 0 Å². The van der Waals surface area contributed by atoms with Crippen molar-refractivity contribution in [1.82, 2.24) is 20.6 Å². The van der Waals surface area contributed by atoms with Crippen molar-refractivity contribution in [3.8, 4) is 0 Å². The van der Waals surface area contributed by atoms with Crippen molar-refractivity contribution in [2.24, 2.45) is 0 Å². The van der Waals surface area contributed by atoms with Gasteiger partial charge >= 0.3 is 6.18 Å². The summed E-state index contributed by atoms with van der Waals surface area (Å²) in [5.74, 6) is -0.781. The maximum Gasteiger partial charge on any atom is 0.418 e. The first-order valence-electron chi connectivity index (χ1n) is 8.23. The summed E-state index contributed by atoms with van der Waals surface area (Å²) in [5, 5.41) is 15.1. The van der Waals surface area contributed by atoms with E-state index in [-0.39, 0.29) is 12.2 Å². The molecule has 2 aromatic rings. The largest absolute Gasteiger partial charge is 0.505 e. The Hall–Kier alpha value is -2.77. The Morgan fingerprint density at radius 2 is 1.81 bits per heavy atom. The summed E-state index contributed by atoms with van der Waals surface area (Å²) >= 11 is 0. The van der Waals surface area contributed by atoms with Crippen LogP contribution in [-0.2, 0) is 6.54 Å². The Kier molecular flexibility index (Phi) is 6.43. The van der Waals surface area contributed by atoms with Crippen LogP contribution in [0.3, 0.4) is 0 Å². The quantitative estimate of drug-likeness (QED) is 0.767. The Labute approximate surface area is 149 Å². The highest BCUT2D eigenvalue weighted by Gasteiger charge is 2.38. The number of nitrogens with one attached hydrogen (secondary N) is 2. The first-order chi connectivity index (χ1) is 12.4. The van der Waals surface area contributed by atoms with Crippen LogP contribution in [0.15, 0.2) is 53.8 Å². The molecule has 0 aliphatic carbocycles. The first-order valence-corrected chi connectivity index (χ1v) is 8.23. The lowest BCUT2D eigenvalue weighted by Gasteiger charge is -2.21. The lowest BCUT2D eigenvalue weighted by atomic mass is 10.1. The van der Waals surface area contributed by atoms with E-state index in [2.05, 4.69) is 34.4 Å². The van der Waals surface area contributed by atoms with Crippen LogP contribution in [0.5, 0.6) is 0 Å². The Morgan fingerprint density at radius 1 is 1.15 bits per heavy atom. The Morgan fingerprint density at radius 3 is 2.46 bits per heavy atom. The second-order valence-corrected chi connectivity index (χ2v) is 5.70. The summed E-state index contributed by atoms with van der Waals surface area (Å²) in [6, 6.07) is 5.37. The van der Waals surface area contributed by atoms with Gasteiger partial charge in [-0.1, -0.05) is 26.3 Å². The molecule has 0 saturated carbocycles. The van der Waals surface area contributed by atoms with E-state index in [1.54, 1.807) is 30.6 Å². The maximum absolute atomic E-state index is 12.8. The van der Waals surface area contributed by atoms with Crippen molar-refractivity contribution in [3.05, 3.63) is 59.4 Å². The lowest BCUT2D eigenvalue weighted by Crippen LogP contribution is -2.31. The number of hydrogen-bond acceptors (Lipinski definition) is 5. The molecule has 0 atom stereocenters. The molecule has 0 unspecified atom stereocenters. The molecule has 2 heterocycles. The smallest absolute Gasteiger partial charge is 0.418 e. The van der Waals surface area contributed by atoms with E-state index in [0.717, 1.165) is 11.1 Å². The number of aromatic nitrogens is 2. The Balaban J connectivity index is 0.000000758. The SMILES string of the molecule is CCC.OC1=C(C(F)(F)F)CNC=C1NCc1ccc2nccnc2c1. The number of rotatable bonds is 3. The minimum absolute atomic E-state index is 0.00261. The predicted molar refractivity (Wildman–Crippen MR) is 94.1 cm³/mol. The van der Waals surface area contributed by atoms with Crippen LogP contribution >= 0.6 is 0 Å². The molecule has 0 amide bonds. The molecular weight excluding hydrogens is 345 g/mol. The number of aliphatic hydroxyl groups excluding tert-OH is 1. The fourth-order valence-electron chi connectivity index (χ4n) is 2.26. The van der Waals surface area contributed by atoms with Gasteiger partial charge in [-0.05, 0) is 17.7 Å². The van der Waals surface area contributed by atoms with E-state index in [1.807, 2.05) is 0 Å². The molecule has 1 aromatic heterocycles. The fraction of sp³-hybridized carbons (Fsp3) is 0.333. The molecule has 0 saturated heterocycles. The first kappa shape index (κ1) is 19.6. The summed E-state index contributed by atoms with van der Waals surface area (Å²) in [4.78, 5) is 8.32. The van der Waals surface area contributed by atoms with E-state index in [1.165, 1.54) is 12.6 Å². The lowest BCUT2D eigenvalue weighted by molar-refractivity contribution is -0.0956. The van der Waals surface area contributed by atoms with Crippen molar-refractivity contribution >= 4 is 11.0 Å². The molecule has 1 aliphatic rings. The van der Waals surface area contributed by atoms with Crippen LogP contribution in [0.1, 0.15) is 25.8 Å². The number of alkyl halides is 3. The van der Waals surface area contributed by atoms with Crippen molar-refractivity contribution in [3.63, 3.8) is 0 Å². The van der Waals surface area contributed by atoms with Gasteiger partial charge in [0.05, 0.1) is 22.3 Å². The molecule has 8 heteroatoms. The van der Waals surface area contributed by atoms with Crippen LogP contribution in [0.2, 0.25) is 0 Å². The molecular formula is C18H21F3N4O. The molecule has 26 heavy (non-hydrogen) atoms. The number of hydrogen-bond donors (Lipinski definition) is 3. The van der Waals surface area contributed by atoms with Crippen LogP contribution in [0, 0.1) is 0 Å². The van der Waals surface area contributed by atoms with E-state index in [4.69, 9.17) is 0 Å². The summed E-state index contributed by atoms with van der Waals surface area (Å²) in [6.07, 6.45) is 1.15. The number of nitrogens with zero attached hydrogens (tertiary/aromatic N) is 2. The zero-order valence-corrected chi connectivity index (χ0v) is 14.6. The van der Waals surface area contributed by atoms with Gasteiger partial charge in [0, 0.05) is 31.7 Å². The minimum atomic E-state index is -4.57. The molecule has 0 spiro atoms. The third kappa shape index (κ3) is 4.87. The third-order valence-corrected chi connectivity index (χ3v) is 3.43. The van der Waals surface area contributed by atoms with Gasteiger partial charge in [0.2, 0.25) is 0 Å². The van der Waals surface area contributed by atoms with Crippen molar-refractivity contribution < 1.29 is 18.3 Å². The van der Waals surface area contributed by atoms with Crippen LogP contribution in [0.25, 0.3) is 11.0 Å². The second-order valence-electron chi connectivity index (χ2n) is 5.70. The molecule has 1 aliphatic heterocycles. The summed E-state index contributed by atoms with van der Waals surface area (Å²) in [7, 11) is 0. The summed E-state index contributed by atoms with van der Waals surface area (Å²) < 4.78 is 38.3. The van der Waals surface area contributed by atoms with E-state index < -0.39 is 24.1 Å². The molecule has 0 bridgehead atoms. The number of fused-ring (bicyclic) bond motifs is 1. The van der Waals surface area contributed by atoms with Gasteiger partial charge in [0.1, 0.15) is 5.76 Å². The number of dihydropyridines is 1. The average molecular weight is 366 g/mol. The molecule has 0 radical (unpaired) electrons. The fourth-order valence-corrected chi connectivity index (χ4v) is 2.26. The molecule has 3 N–H and O–H groups in total. The van der Waals surface area contributed by atoms with E-state index >= 15 is 0 Å².